The van der Waals surface area contributed by atoms with Gasteiger partial charge in [0.1, 0.15) is 17.2 Å². The van der Waals surface area contributed by atoms with Crippen LogP contribution in [0.5, 0.6) is 11.5 Å². The molecule has 23 heavy (non-hydrogen) atoms. The van der Waals surface area contributed by atoms with Gasteiger partial charge in [0.2, 0.25) is 5.95 Å². The first-order valence-corrected chi connectivity index (χ1v) is 6.67. The number of anilines is 1. The van der Waals surface area contributed by atoms with Crippen molar-refractivity contribution in [1.29, 1.82) is 0 Å². The molecule has 0 spiro atoms. The Balaban J connectivity index is 2.24. The lowest BCUT2D eigenvalue weighted by molar-refractivity contribution is -0.141. The van der Waals surface area contributed by atoms with Crippen LogP contribution in [-0.2, 0) is 12.7 Å². The molecule has 2 rings (SSSR count). The zero-order valence-corrected chi connectivity index (χ0v) is 12.9. The van der Waals surface area contributed by atoms with E-state index in [1.165, 1.54) is 19.1 Å². The molecule has 0 radical (unpaired) electrons. The molecular formula is C15H16F3N3O2. The van der Waals surface area contributed by atoms with Gasteiger partial charge in [0, 0.05) is 25.9 Å². The number of nitrogens with zero attached hydrogens (tertiary/aromatic N) is 3. The van der Waals surface area contributed by atoms with Gasteiger partial charge >= 0.3 is 6.18 Å². The standard InChI is InChI=1S/C15H16F3N3O2/c1-21(14-19-5-4-13(20-14)15(16,17)18)9-10-6-11(22-2)8-12(7-10)23-3/h4-8H,9H2,1-3H3. The number of hydrogen-bond acceptors (Lipinski definition) is 5. The average molecular weight is 327 g/mol. The van der Waals surface area contributed by atoms with Gasteiger partial charge in [-0.15, -0.1) is 0 Å². The Bertz CT molecular complexity index is 655. The van der Waals surface area contributed by atoms with Gasteiger partial charge in [-0.25, -0.2) is 9.97 Å². The van der Waals surface area contributed by atoms with Crippen molar-refractivity contribution in [3.05, 3.63) is 41.7 Å². The van der Waals surface area contributed by atoms with Crippen molar-refractivity contribution in [3.8, 4) is 11.5 Å². The molecule has 0 aliphatic heterocycles. The van der Waals surface area contributed by atoms with Crippen LogP contribution in [0.3, 0.4) is 0 Å². The van der Waals surface area contributed by atoms with Crippen molar-refractivity contribution >= 4 is 5.95 Å². The van der Waals surface area contributed by atoms with E-state index in [0.717, 1.165) is 17.8 Å². The van der Waals surface area contributed by atoms with Crippen LogP contribution < -0.4 is 14.4 Å². The molecule has 0 aliphatic rings. The van der Waals surface area contributed by atoms with Crippen LogP contribution in [0.15, 0.2) is 30.5 Å². The van der Waals surface area contributed by atoms with Crippen LogP contribution in [0.4, 0.5) is 19.1 Å². The Morgan fingerprint density at radius 3 is 2.22 bits per heavy atom. The average Bonchev–Trinajstić information content (AvgIpc) is 2.53. The first kappa shape index (κ1) is 16.9. The van der Waals surface area contributed by atoms with Crippen LogP contribution in [-0.4, -0.2) is 31.2 Å². The van der Waals surface area contributed by atoms with Gasteiger partial charge in [-0.05, 0) is 23.8 Å². The lowest BCUT2D eigenvalue weighted by Gasteiger charge is -2.19. The number of methoxy groups -OCH3 is 2. The van der Waals surface area contributed by atoms with Gasteiger partial charge in [0.25, 0.3) is 0 Å². The van der Waals surface area contributed by atoms with Crippen molar-refractivity contribution in [2.24, 2.45) is 0 Å². The quantitative estimate of drug-likeness (QED) is 0.844. The Morgan fingerprint density at radius 2 is 1.70 bits per heavy atom. The Kier molecular flexibility index (Phi) is 4.92. The fourth-order valence-electron chi connectivity index (χ4n) is 1.99. The van der Waals surface area contributed by atoms with E-state index in [2.05, 4.69) is 9.97 Å². The monoisotopic (exact) mass is 327 g/mol. The second kappa shape index (κ2) is 6.72. The van der Waals surface area contributed by atoms with Gasteiger partial charge in [-0.2, -0.15) is 13.2 Å². The SMILES string of the molecule is COc1cc(CN(C)c2nccc(C(F)(F)F)n2)cc(OC)c1. The van der Waals surface area contributed by atoms with Gasteiger partial charge in [0.15, 0.2) is 0 Å². The summed E-state index contributed by atoms with van der Waals surface area (Å²) in [6.45, 7) is 0.300. The fourth-order valence-corrected chi connectivity index (χ4v) is 1.99. The van der Waals surface area contributed by atoms with Crippen LogP contribution in [0.1, 0.15) is 11.3 Å². The number of alkyl halides is 3. The molecule has 0 unspecified atom stereocenters. The first-order chi connectivity index (χ1) is 10.8. The van der Waals surface area contributed by atoms with E-state index in [0.29, 0.717) is 18.0 Å². The summed E-state index contributed by atoms with van der Waals surface area (Å²) in [4.78, 5) is 8.96. The van der Waals surface area contributed by atoms with E-state index in [9.17, 15) is 13.2 Å². The Hall–Kier alpha value is -2.51. The highest BCUT2D eigenvalue weighted by molar-refractivity contribution is 5.41. The second-order valence-corrected chi connectivity index (χ2v) is 4.82. The van der Waals surface area contributed by atoms with Crippen molar-refractivity contribution < 1.29 is 22.6 Å². The van der Waals surface area contributed by atoms with Crippen molar-refractivity contribution in [1.82, 2.24) is 9.97 Å². The summed E-state index contributed by atoms with van der Waals surface area (Å²) in [7, 11) is 4.66. The summed E-state index contributed by atoms with van der Waals surface area (Å²) in [5.41, 5.74) is -0.178. The molecule has 1 aromatic carbocycles. The number of aromatic nitrogens is 2. The predicted molar refractivity (Wildman–Crippen MR) is 78.7 cm³/mol. The minimum absolute atomic E-state index is 0.0124. The Morgan fingerprint density at radius 1 is 1.09 bits per heavy atom. The third kappa shape index (κ3) is 4.24. The third-order valence-corrected chi connectivity index (χ3v) is 3.11. The Labute approximate surface area is 131 Å². The molecule has 2 aromatic rings. The lowest BCUT2D eigenvalue weighted by Crippen LogP contribution is -2.21. The van der Waals surface area contributed by atoms with E-state index in [1.54, 1.807) is 25.2 Å². The summed E-state index contributed by atoms with van der Waals surface area (Å²) < 4.78 is 48.5. The summed E-state index contributed by atoms with van der Waals surface area (Å²) in [6.07, 6.45) is -3.41. The number of benzene rings is 1. The maximum atomic E-state index is 12.7. The van der Waals surface area contributed by atoms with Crippen molar-refractivity contribution in [2.75, 3.05) is 26.2 Å². The van der Waals surface area contributed by atoms with Crippen molar-refractivity contribution in [2.45, 2.75) is 12.7 Å². The molecule has 1 heterocycles. The molecule has 0 saturated carbocycles. The van der Waals surface area contributed by atoms with Crippen LogP contribution >= 0.6 is 0 Å². The largest absolute Gasteiger partial charge is 0.497 e. The van der Waals surface area contributed by atoms with Gasteiger partial charge in [0.05, 0.1) is 14.2 Å². The maximum absolute atomic E-state index is 12.7. The molecule has 0 aliphatic carbocycles. The van der Waals surface area contributed by atoms with Crippen LogP contribution in [0.2, 0.25) is 0 Å². The van der Waals surface area contributed by atoms with Crippen LogP contribution in [0, 0.1) is 0 Å². The highest BCUT2D eigenvalue weighted by Crippen LogP contribution is 2.28. The molecule has 0 fully saturated rings. The summed E-state index contributed by atoms with van der Waals surface area (Å²) in [6, 6.07) is 6.09. The highest BCUT2D eigenvalue weighted by atomic mass is 19.4. The van der Waals surface area contributed by atoms with E-state index >= 15 is 0 Å². The van der Waals surface area contributed by atoms with E-state index < -0.39 is 11.9 Å². The molecule has 1 aromatic heterocycles. The topological polar surface area (TPSA) is 47.5 Å². The number of hydrogen-bond donors (Lipinski definition) is 0. The van der Waals surface area contributed by atoms with E-state index in [1.807, 2.05) is 0 Å². The highest BCUT2D eigenvalue weighted by Gasteiger charge is 2.33. The molecule has 0 saturated heterocycles. The summed E-state index contributed by atoms with van der Waals surface area (Å²) >= 11 is 0. The second-order valence-electron chi connectivity index (χ2n) is 4.82. The molecule has 0 atom stereocenters. The van der Waals surface area contributed by atoms with Gasteiger partial charge in [-0.1, -0.05) is 0 Å². The van der Waals surface area contributed by atoms with Crippen LogP contribution in [0.25, 0.3) is 0 Å². The van der Waals surface area contributed by atoms with Gasteiger partial charge in [-0.3, -0.25) is 0 Å². The maximum Gasteiger partial charge on any atom is 0.433 e. The molecule has 124 valence electrons. The zero-order valence-electron chi connectivity index (χ0n) is 12.9. The number of rotatable bonds is 5. The van der Waals surface area contributed by atoms with E-state index in [4.69, 9.17) is 9.47 Å². The van der Waals surface area contributed by atoms with Gasteiger partial charge < -0.3 is 14.4 Å². The smallest absolute Gasteiger partial charge is 0.433 e. The number of halogens is 3. The molecule has 0 bridgehead atoms. The number of ether oxygens (including phenoxy) is 2. The molecule has 8 heteroatoms. The molecule has 5 nitrogen and oxygen atoms in total. The molecular weight excluding hydrogens is 311 g/mol. The predicted octanol–water partition coefficient (Wildman–Crippen LogP) is 3.15. The fraction of sp³-hybridized carbons (Fsp3) is 0.333. The normalized spacial score (nSPS) is 11.2. The minimum Gasteiger partial charge on any atom is -0.497 e. The third-order valence-electron chi connectivity index (χ3n) is 3.11. The summed E-state index contributed by atoms with van der Waals surface area (Å²) in [5, 5.41) is 0. The molecule has 0 amide bonds. The first-order valence-electron chi connectivity index (χ1n) is 6.67. The van der Waals surface area contributed by atoms with E-state index in [-0.39, 0.29) is 5.95 Å². The summed E-state index contributed by atoms with van der Waals surface area (Å²) in [5.74, 6) is 1.18. The minimum atomic E-state index is -4.50. The molecule has 0 N–H and O–H groups in total. The van der Waals surface area contributed by atoms with Crippen molar-refractivity contribution in [3.63, 3.8) is 0 Å². The zero-order chi connectivity index (χ0) is 17.0. The lowest BCUT2D eigenvalue weighted by atomic mass is 10.2.